The van der Waals surface area contributed by atoms with Crippen molar-refractivity contribution in [2.45, 2.75) is 36.5 Å². The number of pyridine rings is 1. The maximum Gasteiger partial charge on any atom is 0.265 e. The van der Waals surface area contributed by atoms with Crippen molar-refractivity contribution in [2.75, 3.05) is 10.8 Å². The van der Waals surface area contributed by atoms with Crippen LogP contribution in [0.15, 0.2) is 35.4 Å². The van der Waals surface area contributed by atoms with Crippen molar-refractivity contribution in [1.29, 1.82) is 5.26 Å². The minimum absolute atomic E-state index is 0.0405. The largest absolute Gasteiger partial charge is 0.265 e. The second kappa shape index (κ2) is 5.27. The number of nitriles is 1. The second-order valence-corrected chi connectivity index (χ2v) is 8.56. The molecule has 2 aromatic rings. The monoisotopic (exact) mass is 357 g/mol. The lowest BCUT2D eigenvalue weighted by Crippen LogP contribution is -2.41. The molecule has 4 rings (SSSR count). The van der Waals surface area contributed by atoms with Crippen LogP contribution in [0.25, 0.3) is 0 Å². The first-order chi connectivity index (χ1) is 11.9. The smallest absolute Gasteiger partial charge is 0.265 e. The van der Waals surface area contributed by atoms with Crippen molar-refractivity contribution >= 4 is 15.7 Å². The number of fused-ring (bicyclic) bond motifs is 2. The summed E-state index contributed by atoms with van der Waals surface area (Å²) in [6, 6.07) is 7.86. The minimum Gasteiger partial charge on any atom is -0.265 e. The molecule has 1 fully saturated rings. The van der Waals surface area contributed by atoms with E-state index >= 15 is 0 Å². The summed E-state index contributed by atoms with van der Waals surface area (Å²) < 4.78 is 42.1. The molecule has 0 unspecified atom stereocenters. The summed E-state index contributed by atoms with van der Waals surface area (Å²) >= 11 is 0. The Morgan fingerprint density at radius 1 is 1.36 bits per heavy atom. The molecular formula is C18H16FN3O2S. The predicted octanol–water partition coefficient (Wildman–Crippen LogP) is 3.03. The first-order valence-electron chi connectivity index (χ1n) is 8.07. The van der Waals surface area contributed by atoms with Crippen LogP contribution >= 0.6 is 0 Å². The number of aryl methyl sites for hydroxylation is 1. The predicted molar refractivity (Wildman–Crippen MR) is 90.1 cm³/mol. The van der Waals surface area contributed by atoms with E-state index in [9.17, 15) is 12.8 Å². The van der Waals surface area contributed by atoms with E-state index in [1.54, 1.807) is 13.0 Å². The average molecular weight is 357 g/mol. The molecule has 1 aliphatic heterocycles. The van der Waals surface area contributed by atoms with Gasteiger partial charge in [0.2, 0.25) is 0 Å². The quantitative estimate of drug-likeness (QED) is 0.828. The van der Waals surface area contributed by atoms with Crippen LogP contribution in [0.4, 0.5) is 10.1 Å². The molecule has 7 heteroatoms. The van der Waals surface area contributed by atoms with Crippen molar-refractivity contribution in [1.82, 2.24) is 4.98 Å². The van der Waals surface area contributed by atoms with Gasteiger partial charge in [-0.1, -0.05) is 12.5 Å². The van der Waals surface area contributed by atoms with Crippen molar-refractivity contribution in [3.05, 3.63) is 53.1 Å². The molecule has 1 aliphatic carbocycles. The molecular weight excluding hydrogens is 341 g/mol. The van der Waals surface area contributed by atoms with Gasteiger partial charge in [-0.25, -0.2) is 12.8 Å². The summed E-state index contributed by atoms with van der Waals surface area (Å²) in [4.78, 5) is 3.99. The molecule has 2 aliphatic rings. The van der Waals surface area contributed by atoms with Crippen LogP contribution in [-0.4, -0.2) is 19.9 Å². The van der Waals surface area contributed by atoms with E-state index in [-0.39, 0.29) is 22.8 Å². The van der Waals surface area contributed by atoms with Gasteiger partial charge >= 0.3 is 0 Å². The summed E-state index contributed by atoms with van der Waals surface area (Å²) in [6.45, 7) is 1.89. The Morgan fingerprint density at radius 2 is 2.12 bits per heavy atom. The van der Waals surface area contributed by atoms with Gasteiger partial charge in [0.1, 0.15) is 16.8 Å². The van der Waals surface area contributed by atoms with Crippen LogP contribution < -0.4 is 4.31 Å². The summed E-state index contributed by atoms with van der Waals surface area (Å²) in [5.74, 6) is -0.352. The summed E-state index contributed by atoms with van der Waals surface area (Å²) in [7, 11) is -3.91. The van der Waals surface area contributed by atoms with E-state index in [2.05, 4.69) is 4.98 Å². The van der Waals surface area contributed by atoms with Gasteiger partial charge in [0.25, 0.3) is 10.0 Å². The lowest BCUT2D eigenvalue weighted by Gasteiger charge is -2.39. The molecule has 1 aromatic heterocycles. The third-order valence-electron chi connectivity index (χ3n) is 5.32. The van der Waals surface area contributed by atoms with Crippen LogP contribution in [0.5, 0.6) is 0 Å². The highest BCUT2D eigenvalue weighted by atomic mass is 32.2. The Morgan fingerprint density at radius 3 is 2.76 bits per heavy atom. The lowest BCUT2D eigenvalue weighted by molar-refractivity contribution is 0.260. The highest BCUT2D eigenvalue weighted by Crippen LogP contribution is 2.54. The van der Waals surface area contributed by atoms with E-state index < -0.39 is 15.4 Å². The van der Waals surface area contributed by atoms with Gasteiger partial charge in [-0.05, 0) is 38.0 Å². The molecule has 0 amide bonds. The Bertz CT molecular complexity index is 1020. The topological polar surface area (TPSA) is 74.1 Å². The Labute approximate surface area is 145 Å². The average Bonchev–Trinajstić information content (AvgIpc) is 2.93. The highest BCUT2D eigenvalue weighted by molar-refractivity contribution is 7.92. The summed E-state index contributed by atoms with van der Waals surface area (Å²) in [5, 5.41) is 9.15. The zero-order valence-corrected chi connectivity index (χ0v) is 14.5. The molecule has 0 N–H and O–H groups in total. The van der Waals surface area contributed by atoms with E-state index in [4.69, 9.17) is 5.26 Å². The van der Waals surface area contributed by atoms with Crippen molar-refractivity contribution in [3.63, 3.8) is 0 Å². The summed E-state index contributed by atoms with van der Waals surface area (Å²) in [5.41, 5.74) is 1.18. The third kappa shape index (κ3) is 2.17. The van der Waals surface area contributed by atoms with E-state index in [1.807, 2.05) is 6.07 Å². The molecule has 0 saturated heterocycles. The fourth-order valence-corrected chi connectivity index (χ4v) is 5.34. The molecule has 2 heterocycles. The van der Waals surface area contributed by atoms with Crippen molar-refractivity contribution < 1.29 is 12.8 Å². The Hall–Kier alpha value is -2.46. The van der Waals surface area contributed by atoms with E-state index in [0.29, 0.717) is 16.9 Å². The second-order valence-electron chi connectivity index (χ2n) is 6.70. The van der Waals surface area contributed by atoms with Gasteiger partial charge in [0.15, 0.2) is 0 Å². The number of halogens is 1. The molecule has 1 spiro atoms. The lowest BCUT2D eigenvalue weighted by atomic mass is 9.65. The molecule has 25 heavy (non-hydrogen) atoms. The molecule has 128 valence electrons. The van der Waals surface area contributed by atoms with Crippen molar-refractivity contribution in [3.8, 4) is 6.07 Å². The fraction of sp³-hybridized carbons (Fsp3) is 0.333. The number of sulfonamides is 1. The maximum atomic E-state index is 14.5. The van der Waals surface area contributed by atoms with Crippen molar-refractivity contribution in [2.24, 2.45) is 0 Å². The number of hydrogen-bond donors (Lipinski definition) is 0. The Balaban J connectivity index is 1.86. The van der Waals surface area contributed by atoms with Crippen LogP contribution in [-0.2, 0) is 15.4 Å². The van der Waals surface area contributed by atoms with Gasteiger partial charge in [0, 0.05) is 23.7 Å². The van der Waals surface area contributed by atoms with Gasteiger partial charge in [-0.15, -0.1) is 0 Å². The fourth-order valence-electron chi connectivity index (χ4n) is 3.81. The molecule has 5 nitrogen and oxygen atoms in total. The van der Waals surface area contributed by atoms with Crippen LogP contribution in [0.2, 0.25) is 0 Å². The van der Waals surface area contributed by atoms with Crippen LogP contribution in [0.3, 0.4) is 0 Å². The number of hydrogen-bond acceptors (Lipinski definition) is 4. The van der Waals surface area contributed by atoms with Gasteiger partial charge in [-0.2, -0.15) is 5.26 Å². The first kappa shape index (κ1) is 16.0. The number of benzene rings is 1. The minimum atomic E-state index is -3.91. The molecule has 1 saturated carbocycles. The molecule has 1 aromatic carbocycles. The van der Waals surface area contributed by atoms with Crippen LogP contribution in [0, 0.1) is 24.1 Å². The standard InChI is InChI=1S/C18H16FN3O2S/c1-12-13(9-20)8-14(10-21-12)25(23,24)22-11-18(6-3-7-18)17-15(19)4-2-5-16(17)22/h2,4-5,8,10H,3,6-7,11H2,1H3. The van der Waals surface area contributed by atoms with E-state index in [0.717, 1.165) is 19.3 Å². The number of anilines is 1. The number of aromatic nitrogens is 1. The maximum absolute atomic E-state index is 14.5. The van der Waals surface area contributed by atoms with E-state index in [1.165, 1.54) is 28.7 Å². The number of rotatable bonds is 2. The Kier molecular flexibility index (Phi) is 3.38. The summed E-state index contributed by atoms with van der Waals surface area (Å²) in [6.07, 6.45) is 3.79. The zero-order chi connectivity index (χ0) is 17.8. The molecule has 0 radical (unpaired) electrons. The zero-order valence-electron chi connectivity index (χ0n) is 13.7. The third-order valence-corrected chi connectivity index (χ3v) is 7.04. The van der Waals surface area contributed by atoms with Gasteiger partial charge in [-0.3, -0.25) is 9.29 Å². The van der Waals surface area contributed by atoms with Gasteiger partial charge in [0.05, 0.1) is 16.9 Å². The molecule has 0 bridgehead atoms. The number of nitrogens with zero attached hydrogens (tertiary/aromatic N) is 3. The SMILES string of the molecule is Cc1ncc(S(=O)(=O)N2CC3(CCC3)c3c(F)cccc32)cc1C#N. The van der Waals surface area contributed by atoms with Gasteiger partial charge < -0.3 is 0 Å². The first-order valence-corrected chi connectivity index (χ1v) is 9.52. The van der Waals surface area contributed by atoms with Crippen LogP contribution in [0.1, 0.15) is 36.1 Å². The molecule has 0 atom stereocenters. The highest BCUT2D eigenvalue weighted by Gasteiger charge is 2.51. The normalized spacial score (nSPS) is 17.9.